The Labute approximate surface area is 128 Å². The number of hydrogen-bond donors (Lipinski definition) is 1. The van der Waals surface area contributed by atoms with E-state index in [9.17, 15) is 0 Å². The van der Waals surface area contributed by atoms with E-state index in [0.717, 1.165) is 30.2 Å². The van der Waals surface area contributed by atoms with Crippen LogP contribution in [-0.2, 0) is 19.5 Å². The van der Waals surface area contributed by atoms with Crippen molar-refractivity contribution in [3.63, 3.8) is 0 Å². The van der Waals surface area contributed by atoms with Gasteiger partial charge in [-0.3, -0.25) is 4.68 Å². The number of hydrogen-bond acceptors (Lipinski definition) is 5. The standard InChI is InChI=1S/C15H17N7/c1-2-6-21-13(3-1)7-12(20-21)8-17-15-5-4-14(9-18-15)22-11-16-10-19-22/h4-5,7,9-11H,1-3,6,8H2,(H,17,18). The molecule has 0 unspecified atom stereocenters. The first-order chi connectivity index (χ1) is 10.9. The largest absolute Gasteiger partial charge is 0.364 e. The highest BCUT2D eigenvalue weighted by Crippen LogP contribution is 2.16. The minimum absolute atomic E-state index is 0.690. The number of nitrogens with one attached hydrogen (secondary N) is 1. The van der Waals surface area contributed by atoms with Crippen molar-refractivity contribution in [2.24, 2.45) is 0 Å². The highest BCUT2D eigenvalue weighted by atomic mass is 15.3. The van der Waals surface area contributed by atoms with Crippen LogP contribution in [0.4, 0.5) is 5.82 Å². The maximum absolute atomic E-state index is 4.63. The number of anilines is 1. The first kappa shape index (κ1) is 13.0. The van der Waals surface area contributed by atoms with Crippen molar-refractivity contribution < 1.29 is 0 Å². The van der Waals surface area contributed by atoms with Crippen LogP contribution in [0.5, 0.6) is 0 Å². The zero-order valence-corrected chi connectivity index (χ0v) is 12.2. The summed E-state index contributed by atoms with van der Waals surface area (Å²) < 4.78 is 3.81. The molecular weight excluding hydrogens is 278 g/mol. The van der Waals surface area contributed by atoms with Gasteiger partial charge in [0.2, 0.25) is 0 Å². The summed E-state index contributed by atoms with van der Waals surface area (Å²) in [6, 6.07) is 6.09. The zero-order chi connectivity index (χ0) is 14.8. The third kappa shape index (κ3) is 2.57. The molecule has 0 bridgehead atoms. The van der Waals surface area contributed by atoms with Crippen molar-refractivity contribution in [2.45, 2.75) is 32.4 Å². The molecule has 7 heteroatoms. The molecule has 0 aliphatic carbocycles. The molecule has 0 radical (unpaired) electrons. The predicted molar refractivity (Wildman–Crippen MR) is 81.6 cm³/mol. The lowest BCUT2D eigenvalue weighted by atomic mass is 10.1. The smallest absolute Gasteiger partial charge is 0.138 e. The molecule has 4 rings (SSSR count). The second-order valence-corrected chi connectivity index (χ2v) is 5.40. The lowest BCUT2D eigenvalue weighted by Gasteiger charge is -2.11. The molecule has 112 valence electrons. The fourth-order valence-electron chi connectivity index (χ4n) is 2.71. The van der Waals surface area contributed by atoms with Gasteiger partial charge >= 0.3 is 0 Å². The normalized spacial score (nSPS) is 13.8. The summed E-state index contributed by atoms with van der Waals surface area (Å²) in [6.45, 7) is 1.73. The van der Waals surface area contributed by atoms with E-state index in [1.54, 1.807) is 17.2 Å². The zero-order valence-electron chi connectivity index (χ0n) is 12.2. The number of nitrogens with zero attached hydrogens (tertiary/aromatic N) is 6. The van der Waals surface area contributed by atoms with Gasteiger partial charge in [-0.1, -0.05) is 0 Å². The van der Waals surface area contributed by atoms with Crippen LogP contribution in [0.1, 0.15) is 24.2 Å². The van der Waals surface area contributed by atoms with Gasteiger partial charge in [-0.05, 0) is 37.5 Å². The molecular formula is C15H17N7. The van der Waals surface area contributed by atoms with E-state index in [1.807, 2.05) is 12.1 Å². The number of aromatic nitrogens is 6. The average molecular weight is 295 g/mol. The molecule has 3 aromatic heterocycles. The van der Waals surface area contributed by atoms with E-state index in [1.165, 1.54) is 24.9 Å². The Kier molecular flexibility index (Phi) is 3.30. The van der Waals surface area contributed by atoms with Crippen molar-refractivity contribution >= 4 is 5.82 Å². The van der Waals surface area contributed by atoms with E-state index >= 15 is 0 Å². The van der Waals surface area contributed by atoms with Crippen LogP contribution in [0, 0.1) is 0 Å². The molecule has 1 aliphatic heterocycles. The Balaban J connectivity index is 1.42. The van der Waals surface area contributed by atoms with E-state index in [-0.39, 0.29) is 0 Å². The summed E-state index contributed by atoms with van der Waals surface area (Å²) in [5.74, 6) is 0.829. The summed E-state index contributed by atoms with van der Waals surface area (Å²) in [6.07, 6.45) is 8.57. The molecule has 0 saturated heterocycles. The molecule has 0 fully saturated rings. The predicted octanol–water partition coefficient (Wildman–Crippen LogP) is 1.81. The van der Waals surface area contributed by atoms with Crippen LogP contribution < -0.4 is 5.32 Å². The third-order valence-electron chi connectivity index (χ3n) is 3.85. The van der Waals surface area contributed by atoms with Crippen LogP contribution in [0.2, 0.25) is 0 Å². The summed E-state index contributed by atoms with van der Waals surface area (Å²) in [5, 5.41) is 12.0. The van der Waals surface area contributed by atoms with E-state index < -0.39 is 0 Å². The molecule has 0 aromatic carbocycles. The number of pyridine rings is 1. The van der Waals surface area contributed by atoms with Crippen molar-refractivity contribution in [1.82, 2.24) is 29.5 Å². The van der Waals surface area contributed by atoms with E-state index in [4.69, 9.17) is 0 Å². The number of aryl methyl sites for hydroxylation is 2. The highest BCUT2D eigenvalue weighted by molar-refractivity contribution is 5.40. The highest BCUT2D eigenvalue weighted by Gasteiger charge is 2.11. The van der Waals surface area contributed by atoms with Crippen LogP contribution in [0.3, 0.4) is 0 Å². The van der Waals surface area contributed by atoms with Gasteiger partial charge in [-0.15, -0.1) is 0 Å². The molecule has 22 heavy (non-hydrogen) atoms. The first-order valence-corrected chi connectivity index (χ1v) is 7.49. The van der Waals surface area contributed by atoms with Crippen LogP contribution in [0.15, 0.2) is 37.1 Å². The minimum atomic E-state index is 0.690. The molecule has 0 spiro atoms. The summed E-state index contributed by atoms with van der Waals surface area (Å²) in [7, 11) is 0. The fraction of sp³-hybridized carbons (Fsp3) is 0.333. The Bertz CT molecular complexity index is 719. The summed E-state index contributed by atoms with van der Waals surface area (Å²) >= 11 is 0. The Morgan fingerprint density at radius 3 is 3.00 bits per heavy atom. The average Bonchev–Trinajstić information content (AvgIpc) is 3.22. The van der Waals surface area contributed by atoms with Gasteiger partial charge in [-0.25, -0.2) is 14.6 Å². The van der Waals surface area contributed by atoms with Crippen molar-refractivity contribution in [2.75, 3.05) is 5.32 Å². The lowest BCUT2D eigenvalue weighted by Crippen LogP contribution is -2.11. The van der Waals surface area contributed by atoms with Gasteiger partial charge in [0.25, 0.3) is 0 Å². The molecule has 4 heterocycles. The topological polar surface area (TPSA) is 73.5 Å². The molecule has 3 aromatic rings. The Morgan fingerprint density at radius 1 is 1.23 bits per heavy atom. The second-order valence-electron chi connectivity index (χ2n) is 5.40. The monoisotopic (exact) mass is 295 g/mol. The quantitative estimate of drug-likeness (QED) is 0.794. The first-order valence-electron chi connectivity index (χ1n) is 7.49. The molecule has 1 N–H and O–H groups in total. The van der Waals surface area contributed by atoms with Gasteiger partial charge in [-0.2, -0.15) is 10.2 Å². The third-order valence-corrected chi connectivity index (χ3v) is 3.85. The van der Waals surface area contributed by atoms with Crippen molar-refractivity contribution in [3.8, 4) is 5.69 Å². The van der Waals surface area contributed by atoms with Gasteiger partial charge in [0.15, 0.2) is 0 Å². The second kappa shape index (κ2) is 5.59. The van der Waals surface area contributed by atoms with Crippen molar-refractivity contribution in [1.29, 1.82) is 0 Å². The van der Waals surface area contributed by atoms with Crippen LogP contribution in [0.25, 0.3) is 5.69 Å². The maximum Gasteiger partial charge on any atom is 0.138 e. The minimum Gasteiger partial charge on any atom is -0.364 e. The maximum atomic E-state index is 4.63. The summed E-state index contributed by atoms with van der Waals surface area (Å²) in [4.78, 5) is 8.32. The molecule has 0 atom stereocenters. The Hall–Kier alpha value is -2.70. The van der Waals surface area contributed by atoms with Gasteiger partial charge in [0, 0.05) is 12.2 Å². The molecule has 1 aliphatic rings. The lowest BCUT2D eigenvalue weighted by molar-refractivity contribution is 0.484. The molecule has 7 nitrogen and oxygen atoms in total. The number of rotatable bonds is 4. The van der Waals surface area contributed by atoms with Crippen LogP contribution >= 0.6 is 0 Å². The number of fused-ring (bicyclic) bond motifs is 1. The van der Waals surface area contributed by atoms with E-state index in [2.05, 4.69) is 36.2 Å². The van der Waals surface area contributed by atoms with Crippen molar-refractivity contribution in [3.05, 3.63) is 48.4 Å². The van der Waals surface area contributed by atoms with E-state index in [0.29, 0.717) is 6.54 Å². The van der Waals surface area contributed by atoms with Gasteiger partial charge in [0.1, 0.15) is 18.5 Å². The van der Waals surface area contributed by atoms with Crippen LogP contribution in [-0.4, -0.2) is 29.5 Å². The Morgan fingerprint density at radius 2 is 2.23 bits per heavy atom. The van der Waals surface area contributed by atoms with Gasteiger partial charge < -0.3 is 5.32 Å². The summed E-state index contributed by atoms with van der Waals surface area (Å²) in [5.41, 5.74) is 3.30. The van der Waals surface area contributed by atoms with Gasteiger partial charge in [0.05, 0.1) is 24.1 Å². The molecule has 0 amide bonds. The molecule has 0 saturated carbocycles. The SMILES string of the molecule is c1ncn(-c2ccc(NCc3cc4n(n3)CCCC4)nc2)n1. The fourth-order valence-corrected chi connectivity index (χ4v) is 2.71.